The second kappa shape index (κ2) is 9.02. The van der Waals surface area contributed by atoms with Crippen molar-refractivity contribution in [2.24, 2.45) is 0 Å². The van der Waals surface area contributed by atoms with Crippen LogP contribution in [0.5, 0.6) is 11.6 Å². The number of halogens is 1. The van der Waals surface area contributed by atoms with E-state index in [1.54, 1.807) is 18.6 Å². The van der Waals surface area contributed by atoms with Crippen LogP contribution in [0.1, 0.15) is 18.9 Å². The quantitative estimate of drug-likeness (QED) is 0.517. The Bertz CT molecular complexity index is 1090. The van der Waals surface area contributed by atoms with E-state index in [1.807, 2.05) is 41.1 Å². The molecule has 10 heteroatoms. The van der Waals surface area contributed by atoms with Gasteiger partial charge in [-0.25, -0.2) is 14.6 Å². The molecule has 4 heterocycles. The molecule has 0 radical (unpaired) electrons. The van der Waals surface area contributed by atoms with Crippen LogP contribution in [0.25, 0.3) is 23.1 Å². The first kappa shape index (κ1) is 20.0. The number of pyridine rings is 1. The normalized spacial score (nSPS) is 16.1. The largest absolute Gasteiger partial charge is 0.438 e. The van der Waals surface area contributed by atoms with Crippen molar-refractivity contribution in [3.63, 3.8) is 0 Å². The number of benzene rings is 1. The van der Waals surface area contributed by atoms with Crippen LogP contribution >= 0.6 is 12.4 Å². The first-order valence-corrected chi connectivity index (χ1v) is 9.51. The molecule has 1 N–H and O–H groups in total. The second-order valence-corrected chi connectivity index (χ2v) is 6.74. The minimum Gasteiger partial charge on any atom is -0.438 e. The first-order chi connectivity index (χ1) is 14.4. The molecule has 5 rings (SSSR count). The molecule has 1 aliphatic heterocycles. The molecule has 30 heavy (non-hydrogen) atoms. The Morgan fingerprint density at radius 1 is 1.07 bits per heavy atom. The highest BCUT2D eigenvalue weighted by atomic mass is 35.5. The Hall–Kier alpha value is -3.30. The van der Waals surface area contributed by atoms with Gasteiger partial charge in [-0.15, -0.1) is 17.5 Å². The van der Waals surface area contributed by atoms with Crippen molar-refractivity contribution in [3.05, 3.63) is 55.0 Å². The van der Waals surface area contributed by atoms with Gasteiger partial charge >= 0.3 is 0 Å². The molecule has 1 aliphatic rings. The minimum absolute atomic E-state index is 0. The molecule has 154 valence electrons. The van der Waals surface area contributed by atoms with E-state index in [2.05, 4.69) is 30.5 Å². The molecule has 1 aromatic carbocycles. The average molecular weight is 426 g/mol. The van der Waals surface area contributed by atoms with Crippen molar-refractivity contribution < 1.29 is 9.26 Å². The van der Waals surface area contributed by atoms with Gasteiger partial charge in [-0.05, 0) is 43.7 Å². The van der Waals surface area contributed by atoms with Crippen LogP contribution in [0.15, 0.2) is 59.5 Å². The summed E-state index contributed by atoms with van der Waals surface area (Å²) in [6, 6.07) is 13.4. The van der Waals surface area contributed by atoms with Gasteiger partial charge in [-0.3, -0.25) is 0 Å². The number of piperidine rings is 1. The summed E-state index contributed by atoms with van der Waals surface area (Å²) in [7, 11) is 0. The zero-order chi connectivity index (χ0) is 19.5. The van der Waals surface area contributed by atoms with Crippen LogP contribution < -0.4 is 10.1 Å². The molecular formula is C20H20ClN7O2. The molecular weight excluding hydrogens is 406 g/mol. The van der Waals surface area contributed by atoms with Gasteiger partial charge in [0.15, 0.2) is 0 Å². The lowest BCUT2D eigenvalue weighted by Crippen LogP contribution is -2.31. The standard InChI is InChI=1S/C20H19N7O2.ClH/c1-2-7-15(8-3-1)28-19-16(9-5-11-22-19)17-24-20(29-26-17)18-23-13-27(25-18)14-6-4-10-21-12-14;/h1-3,5,7-9,11,13-14,21H,4,6,10,12H2;1H. The van der Waals surface area contributed by atoms with E-state index in [4.69, 9.17) is 9.26 Å². The monoisotopic (exact) mass is 425 g/mol. The lowest BCUT2D eigenvalue weighted by molar-refractivity contribution is 0.345. The Morgan fingerprint density at radius 2 is 1.97 bits per heavy atom. The van der Waals surface area contributed by atoms with E-state index >= 15 is 0 Å². The van der Waals surface area contributed by atoms with Gasteiger partial charge in [-0.1, -0.05) is 23.4 Å². The van der Waals surface area contributed by atoms with Crippen LogP contribution in [0, 0.1) is 0 Å². The zero-order valence-electron chi connectivity index (χ0n) is 16.0. The highest BCUT2D eigenvalue weighted by Crippen LogP contribution is 2.30. The molecule has 1 saturated heterocycles. The highest BCUT2D eigenvalue weighted by Gasteiger charge is 2.21. The molecule has 1 unspecified atom stereocenters. The zero-order valence-corrected chi connectivity index (χ0v) is 16.8. The van der Waals surface area contributed by atoms with E-state index in [-0.39, 0.29) is 24.3 Å². The fraction of sp³-hybridized carbons (Fsp3) is 0.250. The van der Waals surface area contributed by atoms with Crippen molar-refractivity contribution in [2.75, 3.05) is 13.1 Å². The van der Waals surface area contributed by atoms with E-state index in [9.17, 15) is 0 Å². The fourth-order valence-corrected chi connectivity index (χ4v) is 3.27. The summed E-state index contributed by atoms with van der Waals surface area (Å²) in [4.78, 5) is 13.1. The number of nitrogens with one attached hydrogen (secondary N) is 1. The molecule has 9 nitrogen and oxygen atoms in total. The third kappa shape index (κ3) is 4.17. The predicted octanol–water partition coefficient (Wildman–Crippen LogP) is 3.53. The topological polar surface area (TPSA) is 104 Å². The molecule has 0 bridgehead atoms. The van der Waals surface area contributed by atoms with Gasteiger partial charge in [0, 0.05) is 12.7 Å². The summed E-state index contributed by atoms with van der Waals surface area (Å²) in [6.45, 7) is 1.93. The van der Waals surface area contributed by atoms with Crippen LogP contribution in [0.2, 0.25) is 0 Å². The van der Waals surface area contributed by atoms with Gasteiger partial charge in [0.2, 0.25) is 17.5 Å². The first-order valence-electron chi connectivity index (χ1n) is 9.51. The maximum absolute atomic E-state index is 5.89. The summed E-state index contributed by atoms with van der Waals surface area (Å²) in [5.41, 5.74) is 0.627. The van der Waals surface area contributed by atoms with Crippen molar-refractivity contribution in [3.8, 4) is 34.7 Å². The van der Waals surface area contributed by atoms with Crippen molar-refractivity contribution in [2.45, 2.75) is 18.9 Å². The molecule has 1 atom stereocenters. The fourth-order valence-electron chi connectivity index (χ4n) is 3.27. The lowest BCUT2D eigenvalue weighted by Gasteiger charge is -2.22. The Balaban J connectivity index is 0.00000218. The van der Waals surface area contributed by atoms with Gasteiger partial charge in [0.05, 0.1) is 11.6 Å². The summed E-state index contributed by atoms with van der Waals surface area (Å²) in [5, 5.41) is 12.0. The van der Waals surface area contributed by atoms with Crippen LogP contribution in [0.3, 0.4) is 0 Å². The van der Waals surface area contributed by atoms with Crippen LogP contribution in [0.4, 0.5) is 0 Å². The maximum atomic E-state index is 5.89. The number of ether oxygens (including phenoxy) is 1. The number of rotatable bonds is 5. The molecule has 0 saturated carbocycles. The number of nitrogens with zero attached hydrogens (tertiary/aromatic N) is 6. The van der Waals surface area contributed by atoms with Crippen molar-refractivity contribution in [1.82, 2.24) is 35.2 Å². The number of aromatic nitrogens is 6. The summed E-state index contributed by atoms with van der Waals surface area (Å²) < 4.78 is 13.2. The van der Waals surface area contributed by atoms with E-state index in [0.717, 1.165) is 25.9 Å². The van der Waals surface area contributed by atoms with E-state index < -0.39 is 0 Å². The Labute approximate surface area is 178 Å². The van der Waals surface area contributed by atoms with Crippen LogP contribution in [-0.2, 0) is 0 Å². The van der Waals surface area contributed by atoms with Crippen molar-refractivity contribution >= 4 is 12.4 Å². The number of para-hydroxylation sites is 1. The van der Waals surface area contributed by atoms with Crippen LogP contribution in [-0.4, -0.2) is 43.0 Å². The molecule has 0 amide bonds. The molecule has 3 aromatic heterocycles. The molecule has 4 aromatic rings. The summed E-state index contributed by atoms with van der Waals surface area (Å²) in [5.74, 6) is 2.12. The third-order valence-corrected chi connectivity index (χ3v) is 4.74. The van der Waals surface area contributed by atoms with Gasteiger partial charge in [0.25, 0.3) is 5.89 Å². The van der Waals surface area contributed by atoms with Gasteiger partial charge in [0.1, 0.15) is 12.1 Å². The smallest absolute Gasteiger partial charge is 0.297 e. The molecule has 1 fully saturated rings. The number of hydrogen-bond acceptors (Lipinski definition) is 8. The lowest BCUT2D eigenvalue weighted by atomic mass is 10.1. The van der Waals surface area contributed by atoms with E-state index in [0.29, 0.717) is 28.8 Å². The highest BCUT2D eigenvalue weighted by molar-refractivity contribution is 5.85. The van der Waals surface area contributed by atoms with Crippen molar-refractivity contribution in [1.29, 1.82) is 0 Å². The minimum atomic E-state index is 0. The van der Waals surface area contributed by atoms with Gasteiger partial charge < -0.3 is 14.6 Å². The third-order valence-electron chi connectivity index (χ3n) is 4.74. The average Bonchev–Trinajstić information content (AvgIpc) is 3.46. The van der Waals surface area contributed by atoms with Gasteiger partial charge in [-0.2, -0.15) is 4.98 Å². The number of hydrogen-bond donors (Lipinski definition) is 1. The summed E-state index contributed by atoms with van der Waals surface area (Å²) >= 11 is 0. The van der Waals surface area contributed by atoms with E-state index in [1.165, 1.54) is 0 Å². The Kier molecular flexibility index (Phi) is 6.01. The maximum Gasteiger partial charge on any atom is 0.297 e. The SMILES string of the molecule is Cl.c1ccc(Oc2ncccc2-c2noc(-c3ncn(C4CCCNC4)n3)n2)cc1. The molecule has 0 spiro atoms. The predicted molar refractivity (Wildman–Crippen MR) is 111 cm³/mol. The Morgan fingerprint density at radius 3 is 2.80 bits per heavy atom. The molecule has 0 aliphatic carbocycles. The summed E-state index contributed by atoms with van der Waals surface area (Å²) in [6.07, 6.45) is 5.56. The second-order valence-electron chi connectivity index (χ2n) is 6.74.